The molecule has 2 aromatic rings. The van der Waals surface area contributed by atoms with Gasteiger partial charge in [0.05, 0.1) is 0 Å². The number of anilines is 1. The first kappa shape index (κ1) is 18.2. The maximum Gasteiger partial charge on any atom is 0.225 e. The van der Waals surface area contributed by atoms with E-state index >= 15 is 0 Å². The molecule has 142 valence electrons. The van der Waals surface area contributed by atoms with E-state index < -0.39 is 0 Å². The molecule has 1 aromatic heterocycles. The topological polar surface area (TPSA) is 56.7 Å². The molecule has 6 nitrogen and oxygen atoms in total. The number of piperazine rings is 1. The van der Waals surface area contributed by atoms with Crippen molar-refractivity contribution < 1.29 is 0 Å². The van der Waals surface area contributed by atoms with Gasteiger partial charge in [0, 0.05) is 62.1 Å². The molecule has 0 unspecified atom stereocenters. The third-order valence-corrected chi connectivity index (χ3v) is 5.99. The molecule has 1 aromatic carbocycles. The first-order chi connectivity index (χ1) is 13.2. The van der Waals surface area contributed by atoms with Crippen molar-refractivity contribution in [2.45, 2.75) is 18.3 Å². The van der Waals surface area contributed by atoms with E-state index in [1.807, 2.05) is 13.1 Å². The molecular formula is C20H25BrN6. The molecule has 0 bridgehead atoms. The van der Waals surface area contributed by atoms with Crippen molar-refractivity contribution >= 4 is 27.8 Å². The van der Waals surface area contributed by atoms with Gasteiger partial charge in [-0.3, -0.25) is 4.99 Å². The van der Waals surface area contributed by atoms with Crippen LogP contribution in [0, 0.1) is 0 Å². The van der Waals surface area contributed by atoms with Gasteiger partial charge in [-0.15, -0.1) is 0 Å². The Labute approximate surface area is 168 Å². The smallest absolute Gasteiger partial charge is 0.225 e. The van der Waals surface area contributed by atoms with Gasteiger partial charge in [-0.05, 0) is 36.6 Å². The molecule has 7 heteroatoms. The minimum Gasteiger partial charge on any atom is -0.355 e. The third kappa shape index (κ3) is 4.08. The standard InChI is InChI=1S/C20H25BrN6/c1-22-18(25-15-20(6-7-20)16-4-2-5-17(21)14-16)26-10-12-27(13-11-26)19-23-8-3-9-24-19/h2-5,8-9,14H,6-7,10-13,15H2,1H3,(H,22,25). The number of nitrogens with zero attached hydrogens (tertiary/aromatic N) is 5. The van der Waals surface area contributed by atoms with Gasteiger partial charge in [0.1, 0.15) is 0 Å². The molecule has 0 atom stereocenters. The predicted molar refractivity (Wildman–Crippen MR) is 112 cm³/mol. The molecule has 0 spiro atoms. The Balaban J connectivity index is 1.34. The average molecular weight is 429 g/mol. The summed E-state index contributed by atoms with van der Waals surface area (Å²) in [6.07, 6.45) is 6.05. The fourth-order valence-corrected chi connectivity index (χ4v) is 4.09. The summed E-state index contributed by atoms with van der Waals surface area (Å²) < 4.78 is 1.15. The molecule has 2 heterocycles. The van der Waals surface area contributed by atoms with E-state index in [9.17, 15) is 0 Å². The van der Waals surface area contributed by atoms with Crippen LogP contribution >= 0.6 is 15.9 Å². The fraction of sp³-hybridized carbons (Fsp3) is 0.450. The normalized spacial score (nSPS) is 19.1. The number of aromatic nitrogens is 2. The Bertz CT molecular complexity index is 797. The summed E-state index contributed by atoms with van der Waals surface area (Å²) in [5, 5.41) is 3.63. The summed E-state index contributed by atoms with van der Waals surface area (Å²) in [7, 11) is 1.87. The van der Waals surface area contributed by atoms with Crippen LogP contribution in [0.1, 0.15) is 18.4 Å². The molecule has 1 saturated carbocycles. The van der Waals surface area contributed by atoms with Crippen molar-refractivity contribution in [1.82, 2.24) is 20.2 Å². The highest BCUT2D eigenvalue weighted by Gasteiger charge is 2.44. The number of halogens is 1. The van der Waals surface area contributed by atoms with Crippen LogP contribution in [0.5, 0.6) is 0 Å². The molecule has 27 heavy (non-hydrogen) atoms. The number of guanidine groups is 1. The monoisotopic (exact) mass is 428 g/mol. The van der Waals surface area contributed by atoms with Crippen molar-refractivity contribution in [3.05, 3.63) is 52.8 Å². The Kier molecular flexibility index (Phi) is 5.29. The molecule has 0 radical (unpaired) electrons. The van der Waals surface area contributed by atoms with Crippen LogP contribution in [-0.4, -0.2) is 60.6 Å². The highest BCUT2D eigenvalue weighted by Crippen LogP contribution is 2.48. The summed E-state index contributed by atoms with van der Waals surface area (Å²) in [5.41, 5.74) is 1.66. The lowest BCUT2D eigenvalue weighted by Crippen LogP contribution is -2.53. The predicted octanol–water partition coefficient (Wildman–Crippen LogP) is 2.67. The Hall–Kier alpha value is -2.15. The van der Waals surface area contributed by atoms with Gasteiger partial charge in [-0.2, -0.15) is 0 Å². The first-order valence-electron chi connectivity index (χ1n) is 9.44. The molecular weight excluding hydrogens is 404 g/mol. The van der Waals surface area contributed by atoms with Gasteiger partial charge >= 0.3 is 0 Å². The number of rotatable bonds is 4. The number of aliphatic imine (C=N–C) groups is 1. The molecule has 2 aliphatic rings. The average Bonchev–Trinajstić information content (AvgIpc) is 3.51. The second kappa shape index (κ2) is 7.84. The van der Waals surface area contributed by atoms with Crippen LogP contribution in [0.2, 0.25) is 0 Å². The van der Waals surface area contributed by atoms with Crippen molar-refractivity contribution in [2.24, 2.45) is 4.99 Å². The number of hydrogen-bond acceptors (Lipinski definition) is 4. The number of benzene rings is 1. The maximum atomic E-state index is 4.52. The van der Waals surface area contributed by atoms with Crippen LogP contribution in [-0.2, 0) is 5.41 Å². The molecule has 1 N–H and O–H groups in total. The number of nitrogens with one attached hydrogen (secondary N) is 1. The van der Waals surface area contributed by atoms with Gasteiger partial charge < -0.3 is 15.1 Å². The quantitative estimate of drug-likeness (QED) is 0.599. The molecule has 1 aliphatic carbocycles. The van der Waals surface area contributed by atoms with E-state index in [1.54, 1.807) is 12.4 Å². The highest BCUT2D eigenvalue weighted by molar-refractivity contribution is 9.10. The van der Waals surface area contributed by atoms with E-state index in [0.29, 0.717) is 0 Å². The van der Waals surface area contributed by atoms with Gasteiger partial charge in [0.25, 0.3) is 0 Å². The summed E-state index contributed by atoms with van der Waals surface area (Å²) in [6.45, 7) is 4.57. The zero-order chi connectivity index (χ0) is 18.7. The molecule has 1 saturated heterocycles. The zero-order valence-corrected chi connectivity index (χ0v) is 17.2. The Morgan fingerprint density at radius 3 is 2.52 bits per heavy atom. The molecule has 2 fully saturated rings. The Morgan fingerprint density at radius 2 is 1.89 bits per heavy atom. The largest absolute Gasteiger partial charge is 0.355 e. The van der Waals surface area contributed by atoms with Crippen molar-refractivity contribution in [2.75, 3.05) is 44.7 Å². The first-order valence-corrected chi connectivity index (χ1v) is 10.2. The van der Waals surface area contributed by atoms with Gasteiger partial charge in [-0.1, -0.05) is 28.1 Å². The minimum absolute atomic E-state index is 0.249. The van der Waals surface area contributed by atoms with Gasteiger partial charge in [0.2, 0.25) is 5.95 Å². The summed E-state index contributed by atoms with van der Waals surface area (Å²) in [5.74, 6) is 1.80. The minimum atomic E-state index is 0.249. The lowest BCUT2D eigenvalue weighted by atomic mass is 9.96. The third-order valence-electron chi connectivity index (χ3n) is 5.50. The molecule has 4 rings (SSSR count). The van der Waals surface area contributed by atoms with Crippen LogP contribution in [0.3, 0.4) is 0 Å². The van der Waals surface area contributed by atoms with Crippen LogP contribution < -0.4 is 10.2 Å². The van der Waals surface area contributed by atoms with Crippen molar-refractivity contribution in [3.63, 3.8) is 0 Å². The molecule has 1 aliphatic heterocycles. The number of hydrogen-bond donors (Lipinski definition) is 1. The van der Waals surface area contributed by atoms with Crippen LogP contribution in [0.25, 0.3) is 0 Å². The van der Waals surface area contributed by atoms with Crippen LogP contribution in [0.15, 0.2) is 52.2 Å². The van der Waals surface area contributed by atoms with Crippen LogP contribution in [0.4, 0.5) is 5.95 Å². The zero-order valence-electron chi connectivity index (χ0n) is 15.6. The second-order valence-electron chi connectivity index (χ2n) is 7.21. The van der Waals surface area contributed by atoms with E-state index in [1.165, 1.54) is 18.4 Å². The van der Waals surface area contributed by atoms with E-state index in [2.05, 4.69) is 70.3 Å². The summed E-state index contributed by atoms with van der Waals surface area (Å²) in [6, 6.07) is 10.5. The van der Waals surface area contributed by atoms with Gasteiger partial charge in [-0.25, -0.2) is 9.97 Å². The molecule has 0 amide bonds. The summed E-state index contributed by atoms with van der Waals surface area (Å²) >= 11 is 3.60. The lowest BCUT2D eigenvalue weighted by Gasteiger charge is -2.36. The van der Waals surface area contributed by atoms with Gasteiger partial charge in [0.15, 0.2) is 5.96 Å². The summed E-state index contributed by atoms with van der Waals surface area (Å²) in [4.78, 5) is 17.8. The SMILES string of the molecule is CN=C(NCC1(c2cccc(Br)c2)CC1)N1CCN(c2ncccn2)CC1. The van der Waals surface area contributed by atoms with E-state index in [4.69, 9.17) is 0 Å². The van der Waals surface area contributed by atoms with E-state index in [-0.39, 0.29) is 5.41 Å². The highest BCUT2D eigenvalue weighted by atomic mass is 79.9. The Morgan fingerprint density at radius 1 is 1.15 bits per heavy atom. The van der Waals surface area contributed by atoms with Crippen molar-refractivity contribution in [3.8, 4) is 0 Å². The fourth-order valence-electron chi connectivity index (χ4n) is 3.69. The van der Waals surface area contributed by atoms with Crippen molar-refractivity contribution in [1.29, 1.82) is 0 Å². The lowest BCUT2D eigenvalue weighted by molar-refractivity contribution is 0.368. The van der Waals surface area contributed by atoms with E-state index in [0.717, 1.165) is 49.1 Å². The second-order valence-corrected chi connectivity index (χ2v) is 8.13. The maximum absolute atomic E-state index is 4.52.